The lowest BCUT2D eigenvalue weighted by Gasteiger charge is -2.34. The van der Waals surface area contributed by atoms with Gasteiger partial charge >= 0.3 is 0 Å². The van der Waals surface area contributed by atoms with E-state index in [0.29, 0.717) is 0 Å². The van der Waals surface area contributed by atoms with Crippen LogP contribution in [0.15, 0.2) is 29.6 Å². The molecule has 2 aromatic rings. The molecule has 19 heavy (non-hydrogen) atoms. The summed E-state index contributed by atoms with van der Waals surface area (Å²) in [6, 6.07) is 8.51. The van der Waals surface area contributed by atoms with Crippen molar-refractivity contribution >= 4 is 21.4 Å². The second kappa shape index (κ2) is 5.61. The van der Waals surface area contributed by atoms with Crippen molar-refractivity contribution in [1.82, 2.24) is 0 Å². The quantitative estimate of drug-likeness (QED) is 0.921. The van der Waals surface area contributed by atoms with Crippen LogP contribution in [-0.2, 0) is 11.2 Å². The predicted molar refractivity (Wildman–Crippen MR) is 83.8 cm³/mol. The SMILES string of the molecule is COC(C(N)Cc1csc2ccccc12)C(C)(C)C. The third-order valence-corrected chi connectivity index (χ3v) is 4.53. The highest BCUT2D eigenvalue weighted by molar-refractivity contribution is 7.17. The van der Waals surface area contributed by atoms with E-state index in [-0.39, 0.29) is 17.6 Å². The van der Waals surface area contributed by atoms with Crippen LogP contribution >= 0.6 is 11.3 Å². The second-order valence-electron chi connectivity index (χ2n) is 6.15. The van der Waals surface area contributed by atoms with Crippen LogP contribution in [0.3, 0.4) is 0 Å². The zero-order valence-electron chi connectivity index (χ0n) is 12.1. The van der Waals surface area contributed by atoms with Crippen LogP contribution in [0.25, 0.3) is 10.1 Å². The number of hydrogen-bond acceptors (Lipinski definition) is 3. The first kappa shape index (κ1) is 14.5. The average molecular weight is 277 g/mol. The molecule has 3 heteroatoms. The largest absolute Gasteiger partial charge is 0.379 e. The molecule has 0 saturated heterocycles. The van der Waals surface area contributed by atoms with Gasteiger partial charge in [0.2, 0.25) is 0 Å². The number of fused-ring (bicyclic) bond motifs is 1. The summed E-state index contributed by atoms with van der Waals surface area (Å²) < 4.78 is 6.94. The zero-order chi connectivity index (χ0) is 14.0. The summed E-state index contributed by atoms with van der Waals surface area (Å²) in [5.74, 6) is 0. The maximum atomic E-state index is 6.38. The smallest absolute Gasteiger partial charge is 0.0773 e. The van der Waals surface area contributed by atoms with Crippen molar-refractivity contribution in [2.45, 2.75) is 39.3 Å². The van der Waals surface area contributed by atoms with Crippen molar-refractivity contribution in [3.63, 3.8) is 0 Å². The molecule has 0 aliphatic rings. The van der Waals surface area contributed by atoms with E-state index in [1.54, 1.807) is 18.4 Å². The van der Waals surface area contributed by atoms with E-state index in [0.717, 1.165) is 6.42 Å². The molecule has 1 aromatic carbocycles. The number of ether oxygens (including phenoxy) is 1. The number of rotatable bonds is 4. The summed E-state index contributed by atoms with van der Waals surface area (Å²) in [6.45, 7) is 6.52. The van der Waals surface area contributed by atoms with Crippen molar-refractivity contribution in [3.05, 3.63) is 35.2 Å². The lowest BCUT2D eigenvalue weighted by atomic mass is 9.83. The molecule has 2 nitrogen and oxygen atoms in total. The van der Waals surface area contributed by atoms with Crippen molar-refractivity contribution in [2.24, 2.45) is 11.1 Å². The van der Waals surface area contributed by atoms with Gasteiger partial charge < -0.3 is 10.5 Å². The molecule has 0 amide bonds. The Morgan fingerprint density at radius 2 is 1.95 bits per heavy atom. The van der Waals surface area contributed by atoms with E-state index in [9.17, 15) is 0 Å². The Labute approximate surface area is 119 Å². The van der Waals surface area contributed by atoms with E-state index >= 15 is 0 Å². The molecule has 0 bridgehead atoms. The Hall–Kier alpha value is -0.900. The average Bonchev–Trinajstić information content (AvgIpc) is 2.72. The Balaban J connectivity index is 2.21. The number of nitrogens with two attached hydrogens (primary N) is 1. The van der Waals surface area contributed by atoms with Gasteiger partial charge in [-0.05, 0) is 34.2 Å². The Morgan fingerprint density at radius 3 is 2.58 bits per heavy atom. The Bertz CT molecular complexity index is 541. The van der Waals surface area contributed by atoms with Gasteiger partial charge in [0.05, 0.1) is 6.10 Å². The molecule has 2 rings (SSSR count). The van der Waals surface area contributed by atoms with Crippen LogP contribution in [0.2, 0.25) is 0 Å². The van der Waals surface area contributed by atoms with Gasteiger partial charge in [0, 0.05) is 17.9 Å². The molecule has 0 aliphatic carbocycles. The maximum Gasteiger partial charge on any atom is 0.0773 e. The van der Waals surface area contributed by atoms with E-state index in [4.69, 9.17) is 10.5 Å². The topological polar surface area (TPSA) is 35.2 Å². The third-order valence-electron chi connectivity index (χ3n) is 3.51. The van der Waals surface area contributed by atoms with Crippen molar-refractivity contribution in [3.8, 4) is 0 Å². The highest BCUT2D eigenvalue weighted by Crippen LogP contribution is 2.29. The summed E-state index contributed by atoms with van der Waals surface area (Å²) in [4.78, 5) is 0. The van der Waals surface area contributed by atoms with Crippen LogP contribution in [-0.4, -0.2) is 19.3 Å². The van der Waals surface area contributed by atoms with Crippen LogP contribution in [0.4, 0.5) is 0 Å². The monoisotopic (exact) mass is 277 g/mol. The fraction of sp³-hybridized carbons (Fsp3) is 0.500. The summed E-state index contributed by atoms with van der Waals surface area (Å²) in [5.41, 5.74) is 7.76. The highest BCUT2D eigenvalue weighted by atomic mass is 32.1. The molecule has 2 N–H and O–H groups in total. The first-order chi connectivity index (χ1) is 8.93. The minimum absolute atomic E-state index is 0.0167. The summed E-state index contributed by atoms with van der Waals surface area (Å²) in [5, 5.41) is 3.55. The predicted octanol–water partition coefficient (Wildman–Crippen LogP) is 3.83. The molecule has 0 saturated carbocycles. The van der Waals surface area contributed by atoms with Crippen LogP contribution in [0, 0.1) is 5.41 Å². The first-order valence-corrected chi connectivity index (χ1v) is 7.55. The van der Waals surface area contributed by atoms with Crippen LogP contribution in [0.5, 0.6) is 0 Å². The zero-order valence-corrected chi connectivity index (χ0v) is 13.0. The normalized spacial score (nSPS) is 15.6. The Morgan fingerprint density at radius 1 is 1.26 bits per heavy atom. The molecule has 2 atom stereocenters. The molecule has 1 aromatic heterocycles. The van der Waals surface area contributed by atoms with E-state index in [2.05, 4.69) is 50.4 Å². The van der Waals surface area contributed by atoms with Crippen LogP contribution < -0.4 is 5.73 Å². The van der Waals surface area contributed by atoms with Gasteiger partial charge in [0.1, 0.15) is 0 Å². The lowest BCUT2D eigenvalue weighted by Crippen LogP contribution is -2.45. The molecule has 1 heterocycles. The summed E-state index contributed by atoms with van der Waals surface area (Å²) in [7, 11) is 1.75. The summed E-state index contributed by atoms with van der Waals surface area (Å²) >= 11 is 1.79. The van der Waals surface area contributed by atoms with E-state index < -0.39 is 0 Å². The fourth-order valence-electron chi connectivity index (χ4n) is 2.72. The lowest BCUT2D eigenvalue weighted by molar-refractivity contribution is -0.00157. The molecule has 104 valence electrons. The Kier molecular flexibility index (Phi) is 4.29. The fourth-order valence-corrected chi connectivity index (χ4v) is 3.70. The second-order valence-corrected chi connectivity index (χ2v) is 7.06. The van der Waals surface area contributed by atoms with Crippen molar-refractivity contribution in [1.29, 1.82) is 0 Å². The number of methoxy groups -OCH3 is 1. The number of benzene rings is 1. The van der Waals surface area contributed by atoms with Gasteiger partial charge in [-0.2, -0.15) is 0 Å². The van der Waals surface area contributed by atoms with Gasteiger partial charge in [0.25, 0.3) is 0 Å². The molecule has 2 unspecified atom stereocenters. The number of thiophene rings is 1. The van der Waals surface area contributed by atoms with Gasteiger partial charge in [-0.1, -0.05) is 39.0 Å². The van der Waals surface area contributed by atoms with Gasteiger partial charge in [-0.15, -0.1) is 11.3 Å². The summed E-state index contributed by atoms with van der Waals surface area (Å²) in [6.07, 6.45) is 0.922. The third kappa shape index (κ3) is 3.16. The molecule has 0 radical (unpaired) electrons. The van der Waals surface area contributed by atoms with Gasteiger partial charge in [0.15, 0.2) is 0 Å². The number of hydrogen-bond donors (Lipinski definition) is 1. The first-order valence-electron chi connectivity index (χ1n) is 6.67. The molecular formula is C16H23NOS. The highest BCUT2D eigenvalue weighted by Gasteiger charge is 2.30. The van der Waals surface area contributed by atoms with Crippen LogP contribution in [0.1, 0.15) is 26.3 Å². The molecule has 0 spiro atoms. The van der Waals surface area contributed by atoms with Crippen molar-refractivity contribution in [2.75, 3.05) is 7.11 Å². The van der Waals surface area contributed by atoms with Gasteiger partial charge in [-0.25, -0.2) is 0 Å². The minimum Gasteiger partial charge on any atom is -0.379 e. The van der Waals surface area contributed by atoms with Gasteiger partial charge in [-0.3, -0.25) is 0 Å². The standard InChI is InChI=1S/C16H23NOS/c1-16(2,3)15(18-4)13(17)9-11-10-19-14-8-6-5-7-12(11)14/h5-8,10,13,15H,9,17H2,1-4H3. The van der Waals surface area contributed by atoms with E-state index in [1.807, 2.05) is 0 Å². The molecule has 0 aliphatic heterocycles. The molecule has 0 fully saturated rings. The minimum atomic E-state index is 0.0167. The molecular weight excluding hydrogens is 254 g/mol. The van der Waals surface area contributed by atoms with E-state index in [1.165, 1.54) is 15.6 Å². The van der Waals surface area contributed by atoms with Crippen molar-refractivity contribution < 1.29 is 4.74 Å². The maximum absolute atomic E-state index is 6.38.